The van der Waals surface area contributed by atoms with Crippen LogP contribution in [0.25, 0.3) is 0 Å². The molecule has 0 amide bonds. The molecule has 0 saturated heterocycles. The van der Waals surface area contributed by atoms with Crippen LogP contribution in [0.5, 0.6) is 0 Å². The summed E-state index contributed by atoms with van der Waals surface area (Å²) in [5.74, 6) is 3.04. The zero-order chi connectivity index (χ0) is 15.3. The summed E-state index contributed by atoms with van der Waals surface area (Å²) in [4.78, 5) is 0. The van der Waals surface area contributed by atoms with Gasteiger partial charge in [-0.15, -0.1) is 0 Å². The smallest absolute Gasteiger partial charge is 0.0595 e. The maximum Gasteiger partial charge on any atom is 0.0595 e. The Morgan fingerprint density at radius 1 is 1.05 bits per heavy atom. The van der Waals surface area contributed by atoms with Gasteiger partial charge in [0.25, 0.3) is 0 Å². The summed E-state index contributed by atoms with van der Waals surface area (Å²) in [6.07, 6.45) is 8.90. The molecular weight excluding hydrogens is 313 g/mol. The summed E-state index contributed by atoms with van der Waals surface area (Å²) < 4.78 is 0. The Bertz CT molecular complexity index is 533. The van der Waals surface area contributed by atoms with Gasteiger partial charge in [-0.3, -0.25) is 0 Å². The predicted molar refractivity (Wildman–Crippen MR) is 93.4 cm³/mol. The Hall–Kier alpha value is -0.240. The minimum absolute atomic E-state index is 0.560. The first-order chi connectivity index (χ1) is 10.5. The SMILES string of the molecule is CC(NCc1ccc(Cl)c(Cl)c1)C12CC3CC(CC(C3)C1)C2. The fourth-order valence-electron chi connectivity index (χ4n) is 5.85. The molecule has 1 aromatic rings. The predicted octanol–water partition coefficient (Wildman–Crippen LogP) is 5.69. The average Bonchev–Trinajstić information content (AvgIpc) is 2.46. The zero-order valence-corrected chi connectivity index (χ0v) is 14.8. The van der Waals surface area contributed by atoms with Crippen molar-refractivity contribution >= 4 is 23.2 Å². The van der Waals surface area contributed by atoms with E-state index in [1.807, 2.05) is 12.1 Å². The maximum atomic E-state index is 6.13. The maximum absolute atomic E-state index is 6.13. The molecule has 0 spiro atoms. The molecule has 3 heteroatoms. The van der Waals surface area contributed by atoms with Gasteiger partial charge in [-0.05, 0) is 86.3 Å². The Morgan fingerprint density at radius 2 is 1.64 bits per heavy atom. The van der Waals surface area contributed by atoms with Crippen LogP contribution >= 0.6 is 23.2 Å². The van der Waals surface area contributed by atoms with Crippen molar-refractivity contribution in [1.82, 2.24) is 5.32 Å². The van der Waals surface area contributed by atoms with Gasteiger partial charge in [0.1, 0.15) is 0 Å². The lowest BCUT2D eigenvalue weighted by molar-refractivity contribution is -0.0706. The van der Waals surface area contributed by atoms with Crippen LogP contribution < -0.4 is 5.32 Å². The third-order valence-electron chi connectivity index (χ3n) is 6.60. The van der Waals surface area contributed by atoms with Gasteiger partial charge in [-0.1, -0.05) is 29.3 Å². The van der Waals surface area contributed by atoms with E-state index in [2.05, 4.69) is 18.3 Å². The van der Waals surface area contributed by atoms with E-state index >= 15 is 0 Å². The second kappa shape index (κ2) is 5.69. The Labute approximate surface area is 143 Å². The van der Waals surface area contributed by atoms with E-state index in [1.165, 1.54) is 44.1 Å². The summed E-state index contributed by atoms with van der Waals surface area (Å²) >= 11 is 12.1. The lowest BCUT2D eigenvalue weighted by Gasteiger charge is -2.59. The van der Waals surface area contributed by atoms with Gasteiger partial charge in [0, 0.05) is 12.6 Å². The molecule has 0 radical (unpaired) electrons. The summed E-state index contributed by atoms with van der Waals surface area (Å²) in [5, 5.41) is 5.10. The molecule has 1 atom stereocenters. The van der Waals surface area contributed by atoms with E-state index < -0.39 is 0 Å². The molecular formula is C19H25Cl2N. The van der Waals surface area contributed by atoms with E-state index in [9.17, 15) is 0 Å². The van der Waals surface area contributed by atoms with Gasteiger partial charge in [0.15, 0.2) is 0 Å². The van der Waals surface area contributed by atoms with Crippen LogP contribution in [0.3, 0.4) is 0 Å². The molecule has 0 heterocycles. The molecule has 4 bridgehead atoms. The second-order valence-electron chi connectivity index (χ2n) is 8.13. The molecule has 0 aromatic heterocycles. The van der Waals surface area contributed by atoms with Gasteiger partial charge in [-0.25, -0.2) is 0 Å². The zero-order valence-electron chi connectivity index (χ0n) is 13.2. The molecule has 4 aliphatic rings. The lowest BCUT2D eigenvalue weighted by atomic mass is 9.48. The van der Waals surface area contributed by atoms with Crippen LogP contribution in [0.15, 0.2) is 18.2 Å². The summed E-state index contributed by atoms with van der Waals surface area (Å²) in [6.45, 7) is 3.30. The highest BCUT2D eigenvalue weighted by atomic mass is 35.5. The van der Waals surface area contributed by atoms with E-state index in [1.54, 1.807) is 0 Å². The van der Waals surface area contributed by atoms with Crippen molar-refractivity contribution < 1.29 is 0 Å². The highest BCUT2D eigenvalue weighted by Gasteiger charge is 2.52. The Balaban J connectivity index is 1.43. The van der Waals surface area contributed by atoms with Crippen molar-refractivity contribution in [3.8, 4) is 0 Å². The van der Waals surface area contributed by atoms with Gasteiger partial charge < -0.3 is 5.32 Å². The van der Waals surface area contributed by atoms with E-state index in [0.717, 1.165) is 24.3 Å². The number of rotatable bonds is 4. The van der Waals surface area contributed by atoms with E-state index in [4.69, 9.17) is 23.2 Å². The fourth-order valence-corrected chi connectivity index (χ4v) is 6.17. The van der Waals surface area contributed by atoms with Gasteiger partial charge >= 0.3 is 0 Å². The van der Waals surface area contributed by atoms with E-state index in [-0.39, 0.29) is 0 Å². The molecule has 22 heavy (non-hydrogen) atoms. The quantitative estimate of drug-likeness (QED) is 0.744. The third kappa shape index (κ3) is 2.70. The summed E-state index contributed by atoms with van der Waals surface area (Å²) in [7, 11) is 0. The van der Waals surface area contributed by atoms with Crippen molar-refractivity contribution in [2.45, 2.75) is 58.0 Å². The monoisotopic (exact) mass is 337 g/mol. The van der Waals surface area contributed by atoms with Crippen LogP contribution in [0.1, 0.15) is 51.0 Å². The largest absolute Gasteiger partial charge is 0.310 e. The van der Waals surface area contributed by atoms with Crippen LogP contribution in [-0.2, 0) is 6.54 Å². The normalized spacial score (nSPS) is 37.5. The molecule has 4 fully saturated rings. The van der Waals surface area contributed by atoms with Gasteiger partial charge in [-0.2, -0.15) is 0 Å². The number of hydrogen-bond donors (Lipinski definition) is 1. The highest BCUT2D eigenvalue weighted by molar-refractivity contribution is 6.42. The third-order valence-corrected chi connectivity index (χ3v) is 7.34. The number of nitrogens with one attached hydrogen (secondary N) is 1. The number of benzene rings is 1. The van der Waals surface area contributed by atoms with Crippen molar-refractivity contribution in [1.29, 1.82) is 0 Å². The topological polar surface area (TPSA) is 12.0 Å². The molecule has 1 nitrogen and oxygen atoms in total. The summed E-state index contributed by atoms with van der Waals surface area (Å²) in [5.41, 5.74) is 1.79. The molecule has 5 rings (SSSR count). The van der Waals surface area contributed by atoms with Crippen LogP contribution in [-0.4, -0.2) is 6.04 Å². The van der Waals surface area contributed by atoms with Crippen molar-refractivity contribution in [3.63, 3.8) is 0 Å². The van der Waals surface area contributed by atoms with Gasteiger partial charge in [0.05, 0.1) is 10.0 Å². The van der Waals surface area contributed by atoms with Crippen LogP contribution in [0.4, 0.5) is 0 Å². The van der Waals surface area contributed by atoms with Crippen LogP contribution in [0.2, 0.25) is 10.0 Å². The highest BCUT2D eigenvalue weighted by Crippen LogP contribution is 2.61. The molecule has 0 aliphatic heterocycles. The fraction of sp³-hybridized carbons (Fsp3) is 0.684. The number of hydrogen-bond acceptors (Lipinski definition) is 1. The minimum Gasteiger partial charge on any atom is -0.310 e. The van der Waals surface area contributed by atoms with Crippen molar-refractivity contribution in [2.24, 2.45) is 23.2 Å². The van der Waals surface area contributed by atoms with E-state index in [0.29, 0.717) is 21.5 Å². The number of halogens is 2. The second-order valence-corrected chi connectivity index (χ2v) is 8.95. The first-order valence-corrected chi connectivity index (χ1v) is 9.47. The van der Waals surface area contributed by atoms with Crippen molar-refractivity contribution in [2.75, 3.05) is 0 Å². The van der Waals surface area contributed by atoms with Crippen molar-refractivity contribution in [3.05, 3.63) is 33.8 Å². The minimum atomic E-state index is 0.560. The molecule has 120 valence electrons. The molecule has 1 N–H and O–H groups in total. The Morgan fingerprint density at radius 3 is 2.18 bits per heavy atom. The average molecular weight is 338 g/mol. The Kier molecular flexibility index (Phi) is 3.95. The molecule has 4 saturated carbocycles. The molecule has 1 unspecified atom stereocenters. The van der Waals surface area contributed by atoms with Gasteiger partial charge in [0.2, 0.25) is 0 Å². The first-order valence-electron chi connectivity index (χ1n) is 8.71. The lowest BCUT2D eigenvalue weighted by Crippen LogP contribution is -2.54. The van der Waals surface area contributed by atoms with Crippen LogP contribution in [0, 0.1) is 23.2 Å². The standard InChI is InChI=1S/C19H25Cl2N/c1-12(22-11-13-2-3-17(20)18(21)7-13)19-8-14-4-15(9-19)6-16(5-14)10-19/h2-3,7,12,14-16,22H,4-6,8-11H2,1H3. The molecule has 4 aliphatic carbocycles. The molecule has 1 aromatic carbocycles. The summed E-state index contributed by atoms with van der Waals surface area (Å²) in [6, 6.07) is 6.56. The first kappa shape index (κ1) is 15.3.